The number of hydrogen-bond acceptors (Lipinski definition) is 2. The molecule has 1 rings (SSSR count). The third-order valence-corrected chi connectivity index (χ3v) is 1.41. The zero-order chi connectivity index (χ0) is 12.3. The molecule has 0 amide bonds. The molecule has 0 aliphatic heterocycles. The number of nitrogens with zero attached hydrogens (tertiary/aromatic N) is 1. The summed E-state index contributed by atoms with van der Waals surface area (Å²) in [6.07, 6.45) is 0. The lowest BCUT2D eigenvalue weighted by molar-refractivity contribution is 0.319. The van der Waals surface area contributed by atoms with Crippen molar-refractivity contribution in [3.05, 3.63) is 35.6 Å². The van der Waals surface area contributed by atoms with Gasteiger partial charge in [-0.25, -0.2) is 4.39 Å². The normalized spacial score (nSPS) is 9.33. The summed E-state index contributed by atoms with van der Waals surface area (Å²) >= 11 is 0. The van der Waals surface area contributed by atoms with E-state index in [2.05, 4.69) is 5.16 Å². The zero-order valence-corrected chi connectivity index (χ0v) is 10.1. The molecule has 0 fully saturated rings. The van der Waals surface area contributed by atoms with Gasteiger partial charge in [0.2, 0.25) is 0 Å². The number of benzene rings is 1. The van der Waals surface area contributed by atoms with Crippen molar-refractivity contribution < 1.29 is 9.60 Å². The molecule has 0 saturated heterocycles. The summed E-state index contributed by atoms with van der Waals surface area (Å²) in [6, 6.07) is 5.77. The highest BCUT2D eigenvalue weighted by molar-refractivity contribution is 5.98. The average molecular weight is 213 g/mol. The van der Waals surface area contributed by atoms with Gasteiger partial charge in [-0.3, -0.25) is 0 Å². The highest BCUT2D eigenvalue weighted by Gasteiger charge is 1.96. The number of oxime groups is 1. The molecule has 3 heteroatoms. The highest BCUT2D eigenvalue weighted by Crippen LogP contribution is 2.03. The lowest BCUT2D eigenvalue weighted by Gasteiger charge is -1.95. The van der Waals surface area contributed by atoms with Crippen LogP contribution >= 0.6 is 0 Å². The Balaban J connectivity index is 0. The fourth-order valence-corrected chi connectivity index (χ4v) is 0.749. The summed E-state index contributed by atoms with van der Waals surface area (Å²) < 4.78 is 12.4. The van der Waals surface area contributed by atoms with Crippen LogP contribution in [0, 0.1) is 5.82 Å². The van der Waals surface area contributed by atoms with Gasteiger partial charge >= 0.3 is 0 Å². The Labute approximate surface area is 91.4 Å². The number of rotatable bonds is 1. The van der Waals surface area contributed by atoms with Crippen LogP contribution in [-0.2, 0) is 0 Å². The van der Waals surface area contributed by atoms with Crippen LogP contribution in [0.2, 0.25) is 0 Å². The molecule has 1 aromatic rings. The van der Waals surface area contributed by atoms with Crippen molar-refractivity contribution >= 4 is 5.71 Å². The summed E-state index contributed by atoms with van der Waals surface area (Å²) in [5.74, 6) is -0.292. The Hall–Kier alpha value is -1.38. The molecule has 2 nitrogen and oxygen atoms in total. The van der Waals surface area contributed by atoms with Crippen LogP contribution in [0.4, 0.5) is 4.39 Å². The summed E-state index contributed by atoms with van der Waals surface area (Å²) in [7, 11) is 0. The maximum atomic E-state index is 12.4. The Morgan fingerprint density at radius 1 is 1.07 bits per heavy atom. The summed E-state index contributed by atoms with van der Waals surface area (Å²) in [5, 5.41) is 11.3. The zero-order valence-electron chi connectivity index (χ0n) is 10.1. The fraction of sp³-hybridized carbons (Fsp3) is 0.417. The van der Waals surface area contributed by atoms with Crippen LogP contribution in [0.3, 0.4) is 0 Å². The first kappa shape index (κ1) is 16.1. The van der Waals surface area contributed by atoms with Gasteiger partial charge < -0.3 is 5.21 Å². The largest absolute Gasteiger partial charge is 0.411 e. The Kier molecular flexibility index (Phi) is 11.5. The van der Waals surface area contributed by atoms with E-state index in [0.29, 0.717) is 11.3 Å². The molecule has 0 saturated carbocycles. The average Bonchev–Trinajstić information content (AvgIpc) is 2.34. The molecule has 0 atom stereocenters. The second-order valence-electron chi connectivity index (χ2n) is 2.19. The molecule has 0 unspecified atom stereocenters. The highest BCUT2D eigenvalue weighted by atomic mass is 19.1. The van der Waals surface area contributed by atoms with E-state index in [9.17, 15) is 4.39 Å². The molecule has 0 aliphatic rings. The summed E-state index contributed by atoms with van der Waals surface area (Å²) in [4.78, 5) is 0. The smallest absolute Gasteiger partial charge is 0.123 e. The van der Waals surface area contributed by atoms with Crippen LogP contribution in [-0.4, -0.2) is 10.9 Å². The third-order valence-electron chi connectivity index (χ3n) is 1.41. The summed E-state index contributed by atoms with van der Waals surface area (Å²) in [6.45, 7) is 9.65. The van der Waals surface area contributed by atoms with Gasteiger partial charge in [-0.1, -0.05) is 45.0 Å². The molecule has 1 aromatic carbocycles. The second kappa shape index (κ2) is 10.7. The molecular weight excluding hydrogens is 193 g/mol. The minimum absolute atomic E-state index is 0.292. The van der Waals surface area contributed by atoms with Crippen molar-refractivity contribution in [3.63, 3.8) is 0 Å². The van der Waals surface area contributed by atoms with Crippen molar-refractivity contribution in [3.8, 4) is 0 Å². The van der Waals surface area contributed by atoms with Gasteiger partial charge in [0, 0.05) is 0 Å². The first-order valence-electron chi connectivity index (χ1n) is 5.18. The lowest BCUT2D eigenvalue weighted by Crippen LogP contribution is -1.93. The van der Waals surface area contributed by atoms with E-state index < -0.39 is 0 Å². The minimum Gasteiger partial charge on any atom is -0.411 e. The third kappa shape index (κ3) is 6.66. The maximum Gasteiger partial charge on any atom is 0.123 e. The van der Waals surface area contributed by atoms with Crippen molar-refractivity contribution in [2.24, 2.45) is 5.16 Å². The quantitative estimate of drug-likeness (QED) is 0.425. The molecular formula is C12H20FNO. The first-order chi connectivity index (χ1) is 7.24. The molecule has 86 valence electrons. The first-order valence-corrected chi connectivity index (χ1v) is 5.18. The topological polar surface area (TPSA) is 32.6 Å². The van der Waals surface area contributed by atoms with Crippen LogP contribution in [0.15, 0.2) is 29.4 Å². The predicted octanol–water partition coefficient (Wildman–Crippen LogP) is 4.08. The van der Waals surface area contributed by atoms with E-state index in [1.807, 2.05) is 27.7 Å². The van der Waals surface area contributed by atoms with Gasteiger partial charge in [0.25, 0.3) is 0 Å². The van der Waals surface area contributed by atoms with Gasteiger partial charge in [0.05, 0.1) is 5.71 Å². The monoisotopic (exact) mass is 213 g/mol. The van der Waals surface area contributed by atoms with E-state index >= 15 is 0 Å². The van der Waals surface area contributed by atoms with E-state index in [1.54, 1.807) is 19.1 Å². The Bertz CT molecular complexity index is 267. The standard InChI is InChI=1S/C8H8FNO.2C2H6/c1-6(10-11)7-2-4-8(9)5-3-7;2*1-2/h2-5,11H,1H3;2*1-2H3/b10-6-;;. The van der Waals surface area contributed by atoms with Crippen molar-refractivity contribution in [1.29, 1.82) is 0 Å². The minimum atomic E-state index is -0.292. The van der Waals surface area contributed by atoms with Gasteiger partial charge in [0.1, 0.15) is 5.82 Å². The van der Waals surface area contributed by atoms with E-state index in [4.69, 9.17) is 5.21 Å². The molecule has 15 heavy (non-hydrogen) atoms. The van der Waals surface area contributed by atoms with E-state index in [0.717, 1.165) is 0 Å². The molecule has 0 bridgehead atoms. The SMILES string of the molecule is C/C(=N/O)c1ccc(F)cc1.CC.CC. The van der Waals surface area contributed by atoms with Crippen LogP contribution in [0.1, 0.15) is 40.2 Å². The van der Waals surface area contributed by atoms with Crippen LogP contribution < -0.4 is 0 Å². The van der Waals surface area contributed by atoms with Gasteiger partial charge in [0.15, 0.2) is 0 Å². The van der Waals surface area contributed by atoms with E-state index in [-0.39, 0.29) is 5.82 Å². The molecule has 0 spiro atoms. The number of halogens is 1. The fourth-order valence-electron chi connectivity index (χ4n) is 0.749. The van der Waals surface area contributed by atoms with Gasteiger partial charge in [-0.15, -0.1) is 0 Å². The molecule has 0 radical (unpaired) electrons. The van der Waals surface area contributed by atoms with Gasteiger partial charge in [-0.05, 0) is 24.6 Å². The van der Waals surface area contributed by atoms with Crippen LogP contribution in [0.25, 0.3) is 0 Å². The second-order valence-corrected chi connectivity index (χ2v) is 2.19. The van der Waals surface area contributed by atoms with Crippen molar-refractivity contribution in [2.75, 3.05) is 0 Å². The lowest BCUT2D eigenvalue weighted by atomic mass is 10.1. The Morgan fingerprint density at radius 3 is 1.80 bits per heavy atom. The van der Waals surface area contributed by atoms with Crippen molar-refractivity contribution in [1.82, 2.24) is 0 Å². The number of hydrogen-bond donors (Lipinski definition) is 1. The molecule has 0 heterocycles. The van der Waals surface area contributed by atoms with Crippen LogP contribution in [0.5, 0.6) is 0 Å². The van der Waals surface area contributed by atoms with Crippen molar-refractivity contribution in [2.45, 2.75) is 34.6 Å². The predicted molar refractivity (Wildman–Crippen MR) is 63.1 cm³/mol. The van der Waals surface area contributed by atoms with E-state index in [1.165, 1.54) is 12.1 Å². The molecule has 0 aliphatic carbocycles. The molecule has 1 N–H and O–H groups in total. The Morgan fingerprint density at radius 2 is 1.47 bits per heavy atom. The maximum absolute atomic E-state index is 12.4. The molecule has 0 aromatic heterocycles. The van der Waals surface area contributed by atoms with Gasteiger partial charge in [-0.2, -0.15) is 0 Å². The summed E-state index contributed by atoms with van der Waals surface area (Å²) in [5.41, 5.74) is 1.19.